The van der Waals surface area contributed by atoms with Crippen molar-refractivity contribution in [3.8, 4) is 11.5 Å². The Morgan fingerprint density at radius 2 is 1.63 bits per heavy atom. The lowest BCUT2D eigenvalue weighted by molar-refractivity contribution is 0.354. The molecule has 0 fully saturated rings. The van der Waals surface area contributed by atoms with Crippen molar-refractivity contribution in [2.75, 3.05) is 14.2 Å². The number of halogens is 1. The van der Waals surface area contributed by atoms with Gasteiger partial charge in [0.15, 0.2) is 11.5 Å². The van der Waals surface area contributed by atoms with E-state index in [1.807, 2.05) is 24.3 Å². The molecule has 0 radical (unpaired) electrons. The Kier molecular flexibility index (Phi) is 4.48. The second-order valence-electron chi connectivity index (χ2n) is 4.33. The summed E-state index contributed by atoms with van der Waals surface area (Å²) < 4.78 is 10.6. The van der Waals surface area contributed by atoms with Gasteiger partial charge in [0.2, 0.25) is 0 Å². The van der Waals surface area contributed by atoms with Crippen molar-refractivity contribution in [1.29, 1.82) is 0 Å². The third kappa shape index (κ3) is 2.92. The Morgan fingerprint density at radius 1 is 0.947 bits per heavy atom. The third-order valence-corrected chi connectivity index (χ3v) is 4.18. The van der Waals surface area contributed by atoms with Gasteiger partial charge < -0.3 is 9.47 Å². The standard InChI is InChI=1S/C16H17BrO2/c1-11-6-4-5-7-13(11)16(17)12-8-9-14(18-2)15(10-12)19-3/h4-10,16H,1-3H3. The SMILES string of the molecule is COc1ccc(C(Br)c2ccccc2C)cc1OC. The Labute approximate surface area is 122 Å². The van der Waals surface area contributed by atoms with Crippen LogP contribution in [0.3, 0.4) is 0 Å². The van der Waals surface area contributed by atoms with E-state index in [0.29, 0.717) is 0 Å². The van der Waals surface area contributed by atoms with E-state index in [1.165, 1.54) is 11.1 Å². The molecule has 19 heavy (non-hydrogen) atoms. The van der Waals surface area contributed by atoms with E-state index in [1.54, 1.807) is 14.2 Å². The first-order valence-electron chi connectivity index (χ1n) is 6.09. The van der Waals surface area contributed by atoms with E-state index in [4.69, 9.17) is 9.47 Å². The average molecular weight is 321 g/mol. The van der Waals surface area contributed by atoms with Crippen LogP contribution in [0.5, 0.6) is 11.5 Å². The smallest absolute Gasteiger partial charge is 0.161 e. The van der Waals surface area contributed by atoms with Crippen molar-refractivity contribution in [1.82, 2.24) is 0 Å². The highest BCUT2D eigenvalue weighted by Gasteiger charge is 2.14. The van der Waals surface area contributed by atoms with Gasteiger partial charge in [-0.3, -0.25) is 0 Å². The van der Waals surface area contributed by atoms with Crippen molar-refractivity contribution >= 4 is 15.9 Å². The van der Waals surface area contributed by atoms with Crippen LogP contribution in [0.1, 0.15) is 21.5 Å². The van der Waals surface area contributed by atoms with Gasteiger partial charge in [-0.25, -0.2) is 0 Å². The maximum atomic E-state index is 5.35. The van der Waals surface area contributed by atoms with E-state index >= 15 is 0 Å². The summed E-state index contributed by atoms with van der Waals surface area (Å²) in [6.45, 7) is 2.12. The largest absolute Gasteiger partial charge is 0.493 e. The van der Waals surface area contributed by atoms with E-state index in [0.717, 1.165) is 17.1 Å². The van der Waals surface area contributed by atoms with Crippen LogP contribution < -0.4 is 9.47 Å². The van der Waals surface area contributed by atoms with Crippen LogP contribution in [0, 0.1) is 6.92 Å². The molecule has 0 spiro atoms. The number of hydrogen-bond acceptors (Lipinski definition) is 2. The summed E-state index contributed by atoms with van der Waals surface area (Å²) in [4.78, 5) is 0.147. The van der Waals surface area contributed by atoms with Crippen LogP contribution in [0.25, 0.3) is 0 Å². The predicted molar refractivity (Wildman–Crippen MR) is 81.5 cm³/mol. The first kappa shape index (κ1) is 13.9. The highest BCUT2D eigenvalue weighted by molar-refractivity contribution is 9.09. The summed E-state index contributed by atoms with van der Waals surface area (Å²) in [5, 5.41) is 0. The lowest BCUT2D eigenvalue weighted by Gasteiger charge is -2.15. The number of ether oxygens (including phenoxy) is 2. The van der Waals surface area contributed by atoms with Gasteiger partial charge in [0, 0.05) is 0 Å². The summed E-state index contributed by atoms with van der Waals surface area (Å²) in [5.74, 6) is 1.49. The minimum absolute atomic E-state index is 0.147. The minimum atomic E-state index is 0.147. The molecular weight excluding hydrogens is 304 g/mol. The summed E-state index contributed by atoms with van der Waals surface area (Å²) in [7, 11) is 3.29. The first-order chi connectivity index (χ1) is 9.17. The topological polar surface area (TPSA) is 18.5 Å². The highest BCUT2D eigenvalue weighted by Crippen LogP contribution is 2.37. The average Bonchev–Trinajstić information content (AvgIpc) is 2.46. The molecule has 0 saturated heterocycles. The Bertz CT molecular complexity index is 566. The summed E-state index contributed by atoms with van der Waals surface area (Å²) in [6, 6.07) is 14.3. The fourth-order valence-corrected chi connectivity index (χ4v) is 2.86. The maximum Gasteiger partial charge on any atom is 0.161 e. The first-order valence-corrected chi connectivity index (χ1v) is 7.00. The lowest BCUT2D eigenvalue weighted by atomic mass is 10.0. The predicted octanol–water partition coefficient (Wildman–Crippen LogP) is 4.50. The number of methoxy groups -OCH3 is 2. The maximum absolute atomic E-state index is 5.35. The van der Waals surface area contributed by atoms with Gasteiger partial charge in [-0.05, 0) is 35.7 Å². The summed E-state index contributed by atoms with van der Waals surface area (Å²) in [5.41, 5.74) is 3.67. The lowest BCUT2D eigenvalue weighted by Crippen LogP contribution is -1.97. The minimum Gasteiger partial charge on any atom is -0.493 e. The van der Waals surface area contributed by atoms with Gasteiger partial charge >= 0.3 is 0 Å². The molecule has 2 nitrogen and oxygen atoms in total. The van der Waals surface area contributed by atoms with Gasteiger partial charge in [0.25, 0.3) is 0 Å². The van der Waals surface area contributed by atoms with Crippen molar-refractivity contribution in [3.63, 3.8) is 0 Å². The van der Waals surface area contributed by atoms with Gasteiger partial charge in [-0.15, -0.1) is 0 Å². The second kappa shape index (κ2) is 6.11. The molecule has 3 heteroatoms. The van der Waals surface area contributed by atoms with E-state index < -0.39 is 0 Å². The second-order valence-corrected chi connectivity index (χ2v) is 5.25. The monoisotopic (exact) mass is 320 g/mol. The van der Waals surface area contributed by atoms with Crippen LogP contribution in [0.15, 0.2) is 42.5 Å². The molecule has 2 aromatic rings. The molecule has 1 atom stereocenters. The number of benzene rings is 2. The van der Waals surface area contributed by atoms with Crippen molar-refractivity contribution < 1.29 is 9.47 Å². The normalized spacial score (nSPS) is 12.0. The molecule has 0 aliphatic heterocycles. The van der Waals surface area contributed by atoms with Crippen molar-refractivity contribution in [3.05, 3.63) is 59.2 Å². The van der Waals surface area contributed by atoms with E-state index in [-0.39, 0.29) is 4.83 Å². The molecule has 0 heterocycles. The molecule has 100 valence electrons. The van der Waals surface area contributed by atoms with Gasteiger partial charge in [0.1, 0.15) is 0 Å². The third-order valence-electron chi connectivity index (χ3n) is 3.16. The number of hydrogen-bond donors (Lipinski definition) is 0. The van der Waals surface area contributed by atoms with E-state index in [9.17, 15) is 0 Å². The molecule has 0 N–H and O–H groups in total. The molecule has 0 aliphatic carbocycles. The van der Waals surface area contributed by atoms with Crippen LogP contribution in [-0.2, 0) is 0 Å². The Hall–Kier alpha value is -1.48. The van der Waals surface area contributed by atoms with Gasteiger partial charge in [-0.1, -0.05) is 46.3 Å². The van der Waals surface area contributed by atoms with Crippen molar-refractivity contribution in [2.45, 2.75) is 11.8 Å². The van der Waals surface area contributed by atoms with Crippen LogP contribution in [-0.4, -0.2) is 14.2 Å². The fraction of sp³-hybridized carbons (Fsp3) is 0.250. The molecule has 2 aromatic carbocycles. The Morgan fingerprint density at radius 3 is 2.26 bits per heavy atom. The zero-order valence-corrected chi connectivity index (χ0v) is 12.9. The molecule has 0 bridgehead atoms. The number of rotatable bonds is 4. The zero-order valence-electron chi connectivity index (χ0n) is 11.3. The Balaban J connectivity index is 2.39. The van der Waals surface area contributed by atoms with Crippen LogP contribution in [0.4, 0.5) is 0 Å². The molecule has 1 unspecified atom stereocenters. The molecule has 0 saturated carbocycles. The summed E-state index contributed by atoms with van der Waals surface area (Å²) >= 11 is 3.76. The summed E-state index contributed by atoms with van der Waals surface area (Å²) in [6.07, 6.45) is 0. The highest BCUT2D eigenvalue weighted by atomic mass is 79.9. The number of alkyl halides is 1. The molecule has 2 rings (SSSR count). The molecule has 0 aliphatic rings. The quantitative estimate of drug-likeness (QED) is 0.772. The zero-order chi connectivity index (χ0) is 13.8. The number of aryl methyl sites for hydroxylation is 1. The van der Waals surface area contributed by atoms with Gasteiger partial charge in [0.05, 0.1) is 19.0 Å². The fourth-order valence-electron chi connectivity index (χ4n) is 2.06. The molecular formula is C16H17BrO2. The van der Waals surface area contributed by atoms with Crippen molar-refractivity contribution in [2.24, 2.45) is 0 Å². The van der Waals surface area contributed by atoms with Crippen LogP contribution in [0.2, 0.25) is 0 Å². The molecule has 0 aromatic heterocycles. The van der Waals surface area contributed by atoms with Gasteiger partial charge in [-0.2, -0.15) is 0 Å². The van der Waals surface area contributed by atoms with E-state index in [2.05, 4.69) is 41.1 Å². The van der Waals surface area contributed by atoms with Crippen LogP contribution >= 0.6 is 15.9 Å². The molecule has 0 amide bonds.